The minimum Gasteiger partial charge on any atom is -0.497 e. The highest BCUT2D eigenvalue weighted by molar-refractivity contribution is 5.84. The highest BCUT2D eigenvalue weighted by Gasteiger charge is 2.25. The molecule has 3 rings (SSSR count). The normalized spacial score (nSPS) is 16.4. The summed E-state index contributed by atoms with van der Waals surface area (Å²) in [4.78, 5) is 24.5. The molecule has 0 fully saturated rings. The largest absolute Gasteiger partial charge is 0.497 e. The maximum absolute atomic E-state index is 12.5. The van der Waals surface area contributed by atoms with Gasteiger partial charge in [0.1, 0.15) is 11.5 Å². The van der Waals surface area contributed by atoms with Crippen LogP contribution in [0.15, 0.2) is 48.5 Å². The van der Waals surface area contributed by atoms with E-state index in [1.165, 1.54) is 5.56 Å². The van der Waals surface area contributed by atoms with Crippen molar-refractivity contribution in [3.63, 3.8) is 0 Å². The molecular weight excluding hydrogens is 358 g/mol. The Balaban J connectivity index is 1.48. The van der Waals surface area contributed by atoms with Crippen molar-refractivity contribution in [2.24, 2.45) is 0 Å². The molecule has 2 atom stereocenters. The third kappa shape index (κ3) is 5.03. The summed E-state index contributed by atoms with van der Waals surface area (Å²) < 4.78 is 15.7. The van der Waals surface area contributed by atoms with Crippen molar-refractivity contribution in [2.75, 3.05) is 13.7 Å². The molecular formula is C22H25NO5. The van der Waals surface area contributed by atoms with Gasteiger partial charge in [-0.25, -0.2) is 4.79 Å². The zero-order chi connectivity index (χ0) is 19.9. The van der Waals surface area contributed by atoms with Gasteiger partial charge in [0.05, 0.1) is 13.2 Å². The van der Waals surface area contributed by atoms with Gasteiger partial charge in [-0.15, -0.1) is 0 Å². The predicted octanol–water partition coefficient (Wildman–Crippen LogP) is 3.20. The summed E-state index contributed by atoms with van der Waals surface area (Å²) in [5.41, 5.74) is 2.40. The summed E-state index contributed by atoms with van der Waals surface area (Å²) in [5.74, 6) is 0.320. The fourth-order valence-corrected chi connectivity index (χ4v) is 3.29. The Bertz CT molecular complexity index is 818. The van der Waals surface area contributed by atoms with Crippen LogP contribution in [0.1, 0.15) is 36.9 Å². The Morgan fingerprint density at radius 2 is 1.82 bits per heavy atom. The van der Waals surface area contributed by atoms with Gasteiger partial charge in [-0.2, -0.15) is 0 Å². The molecule has 6 heteroatoms. The molecule has 0 radical (unpaired) electrons. The Morgan fingerprint density at radius 1 is 1.11 bits per heavy atom. The van der Waals surface area contributed by atoms with E-state index in [1.54, 1.807) is 38.3 Å². The van der Waals surface area contributed by atoms with Gasteiger partial charge in [-0.1, -0.05) is 24.3 Å². The molecule has 148 valence electrons. The number of amides is 1. The SMILES string of the molecule is COc1ccc(OCC(=O)O[C@H](C)C(=O)N[C@H]2CCCc3ccccc32)cc1. The molecule has 2 aromatic carbocycles. The molecule has 1 amide bonds. The molecule has 1 N–H and O–H groups in total. The van der Waals surface area contributed by atoms with E-state index in [4.69, 9.17) is 14.2 Å². The number of ether oxygens (including phenoxy) is 3. The van der Waals surface area contributed by atoms with Crippen molar-refractivity contribution in [1.29, 1.82) is 0 Å². The van der Waals surface area contributed by atoms with Crippen molar-refractivity contribution in [3.05, 3.63) is 59.7 Å². The van der Waals surface area contributed by atoms with Crippen LogP contribution in [-0.4, -0.2) is 31.7 Å². The molecule has 1 aliphatic carbocycles. The second kappa shape index (κ2) is 9.26. The average Bonchev–Trinajstić information content (AvgIpc) is 2.73. The Labute approximate surface area is 164 Å². The Kier molecular flexibility index (Phi) is 6.53. The van der Waals surface area contributed by atoms with Crippen LogP contribution in [0.4, 0.5) is 0 Å². The minimum atomic E-state index is -0.888. The molecule has 0 heterocycles. The lowest BCUT2D eigenvalue weighted by Crippen LogP contribution is -2.39. The number of benzene rings is 2. The zero-order valence-electron chi connectivity index (χ0n) is 16.1. The molecule has 0 saturated carbocycles. The number of fused-ring (bicyclic) bond motifs is 1. The van der Waals surface area contributed by atoms with Gasteiger partial charge in [-0.3, -0.25) is 4.79 Å². The van der Waals surface area contributed by atoms with Crippen molar-refractivity contribution >= 4 is 11.9 Å². The van der Waals surface area contributed by atoms with Crippen LogP contribution in [0.5, 0.6) is 11.5 Å². The highest BCUT2D eigenvalue weighted by atomic mass is 16.6. The number of esters is 1. The second-order valence-corrected chi connectivity index (χ2v) is 6.75. The van der Waals surface area contributed by atoms with Gasteiger partial charge in [0.15, 0.2) is 12.7 Å². The Hall–Kier alpha value is -3.02. The van der Waals surface area contributed by atoms with Gasteiger partial charge < -0.3 is 19.5 Å². The molecule has 0 unspecified atom stereocenters. The number of carbonyl (C=O) groups excluding carboxylic acids is 2. The van der Waals surface area contributed by atoms with Crippen LogP contribution in [0, 0.1) is 0 Å². The van der Waals surface area contributed by atoms with Gasteiger partial charge in [0.2, 0.25) is 0 Å². The molecule has 0 aliphatic heterocycles. The summed E-state index contributed by atoms with van der Waals surface area (Å²) in [6.45, 7) is 1.30. The summed E-state index contributed by atoms with van der Waals surface area (Å²) in [6.07, 6.45) is 2.03. The Morgan fingerprint density at radius 3 is 2.57 bits per heavy atom. The van der Waals surface area contributed by atoms with Gasteiger partial charge in [-0.05, 0) is 61.6 Å². The maximum atomic E-state index is 12.5. The molecule has 28 heavy (non-hydrogen) atoms. The number of nitrogens with one attached hydrogen (secondary N) is 1. The van der Waals surface area contributed by atoms with E-state index >= 15 is 0 Å². The fraction of sp³-hybridized carbons (Fsp3) is 0.364. The number of methoxy groups -OCH3 is 1. The molecule has 0 aromatic heterocycles. The van der Waals surface area contributed by atoms with E-state index < -0.39 is 12.1 Å². The summed E-state index contributed by atoms with van der Waals surface area (Å²) in [6, 6.07) is 14.9. The number of hydrogen-bond acceptors (Lipinski definition) is 5. The highest BCUT2D eigenvalue weighted by Crippen LogP contribution is 2.29. The lowest BCUT2D eigenvalue weighted by atomic mass is 9.87. The van der Waals surface area contributed by atoms with Crippen molar-refractivity contribution in [2.45, 2.75) is 38.3 Å². The zero-order valence-corrected chi connectivity index (χ0v) is 16.1. The van der Waals surface area contributed by atoms with E-state index in [-0.39, 0.29) is 18.6 Å². The van der Waals surface area contributed by atoms with Crippen LogP contribution in [0.2, 0.25) is 0 Å². The third-order valence-corrected chi connectivity index (χ3v) is 4.78. The minimum absolute atomic E-state index is 0.0471. The van der Waals surface area contributed by atoms with Crippen LogP contribution in [0.3, 0.4) is 0 Å². The van der Waals surface area contributed by atoms with Crippen LogP contribution >= 0.6 is 0 Å². The number of hydrogen-bond donors (Lipinski definition) is 1. The van der Waals surface area contributed by atoms with Crippen molar-refractivity contribution in [1.82, 2.24) is 5.32 Å². The number of carbonyl (C=O) groups is 2. The maximum Gasteiger partial charge on any atom is 0.344 e. The average molecular weight is 383 g/mol. The van der Waals surface area contributed by atoms with E-state index in [0.717, 1.165) is 24.8 Å². The van der Waals surface area contributed by atoms with E-state index in [0.29, 0.717) is 11.5 Å². The van der Waals surface area contributed by atoms with Gasteiger partial charge in [0.25, 0.3) is 5.91 Å². The molecule has 0 saturated heterocycles. The molecule has 6 nitrogen and oxygen atoms in total. The third-order valence-electron chi connectivity index (χ3n) is 4.78. The van der Waals surface area contributed by atoms with Gasteiger partial charge >= 0.3 is 5.97 Å². The van der Waals surface area contributed by atoms with Crippen molar-refractivity contribution in [3.8, 4) is 11.5 Å². The summed E-state index contributed by atoms with van der Waals surface area (Å²) in [5, 5.41) is 3.00. The smallest absolute Gasteiger partial charge is 0.344 e. The number of rotatable bonds is 7. The molecule has 1 aliphatic rings. The predicted molar refractivity (Wildman–Crippen MR) is 104 cm³/mol. The lowest BCUT2D eigenvalue weighted by Gasteiger charge is -2.27. The van der Waals surface area contributed by atoms with Crippen LogP contribution in [-0.2, 0) is 20.7 Å². The summed E-state index contributed by atoms with van der Waals surface area (Å²) >= 11 is 0. The first-order valence-electron chi connectivity index (χ1n) is 9.41. The van der Waals surface area contributed by atoms with E-state index in [1.807, 2.05) is 18.2 Å². The molecule has 0 bridgehead atoms. The topological polar surface area (TPSA) is 73.9 Å². The monoisotopic (exact) mass is 383 g/mol. The van der Waals surface area contributed by atoms with E-state index in [9.17, 15) is 9.59 Å². The van der Waals surface area contributed by atoms with Crippen LogP contribution in [0.25, 0.3) is 0 Å². The lowest BCUT2D eigenvalue weighted by molar-refractivity contribution is -0.156. The first-order chi connectivity index (χ1) is 13.6. The van der Waals surface area contributed by atoms with Crippen LogP contribution < -0.4 is 14.8 Å². The van der Waals surface area contributed by atoms with Gasteiger partial charge in [0, 0.05) is 0 Å². The fourth-order valence-electron chi connectivity index (χ4n) is 3.29. The summed E-state index contributed by atoms with van der Waals surface area (Å²) in [7, 11) is 1.57. The molecule has 2 aromatic rings. The second-order valence-electron chi connectivity index (χ2n) is 6.75. The first kappa shape index (κ1) is 19.7. The standard InChI is InChI=1S/C22H25NO5/c1-15(28-21(24)14-27-18-12-10-17(26-2)11-13-18)22(25)23-20-9-5-7-16-6-3-4-8-19(16)20/h3-4,6,8,10-13,15,20H,5,7,9,14H2,1-2H3,(H,23,25)/t15-,20+/m1/s1. The number of aryl methyl sites for hydroxylation is 1. The quantitative estimate of drug-likeness (QED) is 0.744. The van der Waals surface area contributed by atoms with E-state index in [2.05, 4.69) is 11.4 Å². The molecule has 0 spiro atoms. The first-order valence-corrected chi connectivity index (χ1v) is 9.41. The van der Waals surface area contributed by atoms with Crippen molar-refractivity contribution < 1.29 is 23.8 Å².